The van der Waals surface area contributed by atoms with Crippen LogP contribution in [0.2, 0.25) is 0 Å². The van der Waals surface area contributed by atoms with Gasteiger partial charge in [-0.25, -0.2) is 0 Å². The van der Waals surface area contributed by atoms with Crippen LogP contribution in [-0.4, -0.2) is 50.7 Å². The quantitative estimate of drug-likeness (QED) is 0.723. The van der Waals surface area contributed by atoms with Gasteiger partial charge in [0.15, 0.2) is 0 Å². The van der Waals surface area contributed by atoms with E-state index in [4.69, 9.17) is 0 Å². The molecule has 1 aliphatic heterocycles. The van der Waals surface area contributed by atoms with Crippen molar-refractivity contribution in [1.29, 1.82) is 0 Å². The zero-order valence-corrected chi connectivity index (χ0v) is 9.96. The maximum Gasteiger partial charge on any atom is 0.263 e. The maximum absolute atomic E-state index is 12.2. The SMILES string of the molecule is CCC(CO)(CO)N1C(=O)c2ccncc2C1=O. The molecule has 96 valence electrons. The number of aliphatic hydroxyl groups excluding tert-OH is 2. The third-order valence-electron chi connectivity index (χ3n) is 3.41. The summed E-state index contributed by atoms with van der Waals surface area (Å²) in [6.45, 7) is 0.756. The van der Waals surface area contributed by atoms with Gasteiger partial charge in [0.25, 0.3) is 11.8 Å². The Morgan fingerprint density at radius 2 is 1.83 bits per heavy atom. The molecule has 2 rings (SSSR count). The predicted molar refractivity (Wildman–Crippen MR) is 61.9 cm³/mol. The first-order valence-corrected chi connectivity index (χ1v) is 5.66. The highest BCUT2D eigenvalue weighted by Crippen LogP contribution is 2.30. The lowest BCUT2D eigenvalue weighted by molar-refractivity contribution is 0.000320. The van der Waals surface area contributed by atoms with Gasteiger partial charge in [0, 0.05) is 12.4 Å². The highest BCUT2D eigenvalue weighted by atomic mass is 16.3. The lowest BCUT2D eigenvalue weighted by atomic mass is 9.96. The van der Waals surface area contributed by atoms with Crippen LogP contribution in [0.15, 0.2) is 18.5 Å². The molecule has 0 saturated carbocycles. The van der Waals surface area contributed by atoms with Crippen molar-refractivity contribution in [2.24, 2.45) is 0 Å². The largest absolute Gasteiger partial charge is 0.394 e. The Balaban J connectivity index is 2.51. The van der Waals surface area contributed by atoms with E-state index in [1.54, 1.807) is 6.92 Å². The molecule has 0 saturated heterocycles. The molecule has 6 heteroatoms. The van der Waals surface area contributed by atoms with E-state index >= 15 is 0 Å². The molecule has 0 fully saturated rings. The van der Waals surface area contributed by atoms with Crippen LogP contribution in [0.3, 0.4) is 0 Å². The molecule has 0 aliphatic carbocycles. The Kier molecular flexibility index (Phi) is 3.14. The van der Waals surface area contributed by atoms with E-state index in [2.05, 4.69) is 4.98 Å². The molecule has 18 heavy (non-hydrogen) atoms. The van der Waals surface area contributed by atoms with Crippen LogP contribution < -0.4 is 0 Å². The summed E-state index contributed by atoms with van der Waals surface area (Å²) in [5.41, 5.74) is -0.787. The van der Waals surface area contributed by atoms with Crippen molar-refractivity contribution in [3.05, 3.63) is 29.6 Å². The van der Waals surface area contributed by atoms with Crippen molar-refractivity contribution in [2.45, 2.75) is 18.9 Å². The Bertz CT molecular complexity index is 453. The van der Waals surface area contributed by atoms with Gasteiger partial charge in [0.05, 0.1) is 29.9 Å². The second-order valence-corrected chi connectivity index (χ2v) is 4.26. The monoisotopic (exact) mass is 250 g/mol. The molecule has 2 heterocycles. The highest BCUT2D eigenvalue weighted by Gasteiger charge is 2.47. The molecule has 0 aromatic carbocycles. The first-order valence-electron chi connectivity index (χ1n) is 5.66. The zero-order valence-electron chi connectivity index (χ0n) is 9.96. The number of aliphatic hydroxyl groups is 2. The number of hydrogen-bond donors (Lipinski definition) is 2. The van der Waals surface area contributed by atoms with Gasteiger partial charge >= 0.3 is 0 Å². The summed E-state index contributed by atoms with van der Waals surface area (Å²) < 4.78 is 0. The van der Waals surface area contributed by atoms with Crippen LogP contribution in [0.25, 0.3) is 0 Å². The van der Waals surface area contributed by atoms with Crippen molar-refractivity contribution in [3.8, 4) is 0 Å². The van der Waals surface area contributed by atoms with Gasteiger partial charge in [0.2, 0.25) is 0 Å². The third-order valence-corrected chi connectivity index (χ3v) is 3.41. The van der Waals surface area contributed by atoms with E-state index in [1.807, 2.05) is 0 Å². The first-order chi connectivity index (χ1) is 8.61. The van der Waals surface area contributed by atoms with Gasteiger partial charge in [-0.2, -0.15) is 0 Å². The van der Waals surface area contributed by atoms with Crippen LogP contribution in [0, 0.1) is 0 Å². The van der Waals surface area contributed by atoms with E-state index in [0.717, 1.165) is 4.90 Å². The Morgan fingerprint density at radius 3 is 2.33 bits per heavy atom. The number of amides is 2. The van der Waals surface area contributed by atoms with E-state index in [1.165, 1.54) is 18.5 Å². The van der Waals surface area contributed by atoms with Crippen LogP contribution >= 0.6 is 0 Å². The number of fused-ring (bicyclic) bond motifs is 1. The molecule has 0 bridgehead atoms. The second-order valence-electron chi connectivity index (χ2n) is 4.26. The third kappa shape index (κ3) is 1.53. The van der Waals surface area contributed by atoms with Gasteiger partial charge in [-0.1, -0.05) is 6.92 Å². The molecule has 2 N–H and O–H groups in total. The first kappa shape index (κ1) is 12.7. The summed E-state index contributed by atoms with van der Waals surface area (Å²) in [5, 5.41) is 18.9. The summed E-state index contributed by atoms with van der Waals surface area (Å²) in [6, 6.07) is 1.46. The normalized spacial score (nSPS) is 15.2. The molecular weight excluding hydrogens is 236 g/mol. The van der Waals surface area contributed by atoms with Gasteiger partial charge in [0.1, 0.15) is 0 Å². The van der Waals surface area contributed by atoms with E-state index in [-0.39, 0.29) is 17.5 Å². The molecular formula is C12H14N2O4. The number of pyridine rings is 1. The summed E-state index contributed by atoms with van der Waals surface area (Å²) in [5.74, 6) is -1.02. The average molecular weight is 250 g/mol. The minimum atomic E-state index is -1.26. The molecule has 2 amide bonds. The smallest absolute Gasteiger partial charge is 0.263 e. The van der Waals surface area contributed by atoms with Crippen molar-refractivity contribution in [3.63, 3.8) is 0 Å². The van der Waals surface area contributed by atoms with Crippen molar-refractivity contribution in [2.75, 3.05) is 13.2 Å². The Hall–Kier alpha value is -1.79. The minimum Gasteiger partial charge on any atom is -0.394 e. The van der Waals surface area contributed by atoms with Gasteiger partial charge in [-0.15, -0.1) is 0 Å². The zero-order chi connectivity index (χ0) is 13.3. The molecule has 1 aromatic heterocycles. The molecule has 1 aliphatic rings. The molecule has 1 aromatic rings. The number of rotatable bonds is 4. The summed E-state index contributed by atoms with van der Waals surface area (Å²) >= 11 is 0. The number of aromatic nitrogens is 1. The maximum atomic E-state index is 12.2. The lowest BCUT2D eigenvalue weighted by Gasteiger charge is -2.36. The Morgan fingerprint density at radius 1 is 1.22 bits per heavy atom. The highest BCUT2D eigenvalue weighted by molar-refractivity contribution is 6.21. The predicted octanol–water partition coefficient (Wildman–Crippen LogP) is -0.189. The summed E-state index contributed by atoms with van der Waals surface area (Å²) in [6.07, 6.45) is 3.03. The summed E-state index contributed by atoms with van der Waals surface area (Å²) in [7, 11) is 0. The average Bonchev–Trinajstić information content (AvgIpc) is 2.67. The molecule has 0 radical (unpaired) electrons. The van der Waals surface area contributed by atoms with Gasteiger partial charge in [-0.3, -0.25) is 19.5 Å². The molecule has 0 atom stereocenters. The Labute approximate surface area is 104 Å². The number of imide groups is 1. The van der Waals surface area contributed by atoms with Gasteiger partial charge < -0.3 is 10.2 Å². The van der Waals surface area contributed by atoms with Crippen molar-refractivity contribution >= 4 is 11.8 Å². The fraction of sp³-hybridized carbons (Fsp3) is 0.417. The number of hydrogen-bond acceptors (Lipinski definition) is 5. The van der Waals surface area contributed by atoms with Crippen molar-refractivity contribution in [1.82, 2.24) is 9.88 Å². The van der Waals surface area contributed by atoms with E-state index < -0.39 is 30.6 Å². The van der Waals surface area contributed by atoms with Gasteiger partial charge in [-0.05, 0) is 12.5 Å². The fourth-order valence-electron chi connectivity index (χ4n) is 2.09. The van der Waals surface area contributed by atoms with Crippen LogP contribution in [-0.2, 0) is 0 Å². The molecule has 0 unspecified atom stereocenters. The number of carbonyl (C=O) groups excluding carboxylic acids is 2. The standard InChI is InChI=1S/C12H14N2O4/c1-2-12(6-15,7-16)14-10(17)8-3-4-13-5-9(8)11(14)18/h3-5,15-16H,2,6-7H2,1H3. The van der Waals surface area contributed by atoms with Crippen molar-refractivity contribution < 1.29 is 19.8 Å². The van der Waals surface area contributed by atoms with E-state index in [9.17, 15) is 19.8 Å². The van der Waals surface area contributed by atoms with Crippen LogP contribution in [0.1, 0.15) is 34.1 Å². The lowest BCUT2D eigenvalue weighted by Crippen LogP contribution is -2.56. The van der Waals surface area contributed by atoms with E-state index in [0.29, 0.717) is 0 Å². The van der Waals surface area contributed by atoms with Crippen LogP contribution in [0.4, 0.5) is 0 Å². The van der Waals surface area contributed by atoms with Crippen LogP contribution in [0.5, 0.6) is 0 Å². The molecule has 0 spiro atoms. The number of carbonyl (C=O) groups is 2. The topological polar surface area (TPSA) is 90.7 Å². The fourth-order valence-corrected chi connectivity index (χ4v) is 2.09. The number of nitrogens with zero attached hydrogens (tertiary/aromatic N) is 2. The minimum absolute atomic E-state index is 0.210. The molecule has 6 nitrogen and oxygen atoms in total. The second kappa shape index (κ2) is 4.47. The summed E-state index contributed by atoms with van der Waals surface area (Å²) in [4.78, 5) is 29.1.